The van der Waals surface area contributed by atoms with Gasteiger partial charge in [-0.1, -0.05) is 54.5 Å². The predicted octanol–water partition coefficient (Wildman–Crippen LogP) is 4.38. The molecular weight excluding hydrogens is 304 g/mol. The van der Waals surface area contributed by atoms with Crippen LogP contribution in [0.25, 0.3) is 11.3 Å². The molecule has 1 aromatic heterocycles. The van der Waals surface area contributed by atoms with Gasteiger partial charge in [0, 0.05) is 11.6 Å². The Kier molecular flexibility index (Phi) is 4.91. The van der Waals surface area contributed by atoms with Crippen LogP contribution in [-0.2, 0) is 0 Å². The Morgan fingerprint density at radius 3 is 2.67 bits per heavy atom. The topological polar surface area (TPSA) is 64.4 Å². The second kappa shape index (κ2) is 7.46. The summed E-state index contributed by atoms with van der Waals surface area (Å²) >= 11 is 0. The van der Waals surface area contributed by atoms with Gasteiger partial charge in [0.05, 0.1) is 12.2 Å². The number of anilines is 1. The number of nitrogens with one attached hydrogen (secondary N) is 1. The molecule has 0 bridgehead atoms. The second-order valence-electron chi connectivity index (χ2n) is 5.24. The number of amides is 1. The third-order valence-corrected chi connectivity index (χ3v) is 3.41. The molecule has 3 rings (SSSR count). The first-order valence-corrected chi connectivity index (χ1v) is 7.83. The highest BCUT2D eigenvalue weighted by molar-refractivity contribution is 6.05. The zero-order chi connectivity index (χ0) is 16.8. The van der Waals surface area contributed by atoms with Gasteiger partial charge >= 0.3 is 0 Å². The molecule has 0 aliphatic heterocycles. The zero-order valence-corrected chi connectivity index (χ0v) is 13.4. The third-order valence-electron chi connectivity index (χ3n) is 3.41. The van der Waals surface area contributed by atoms with E-state index in [0.717, 1.165) is 12.0 Å². The van der Waals surface area contributed by atoms with Crippen LogP contribution in [0.15, 0.2) is 65.2 Å². The number of benzene rings is 2. The van der Waals surface area contributed by atoms with E-state index in [-0.39, 0.29) is 5.91 Å². The van der Waals surface area contributed by atoms with Crippen LogP contribution in [0.1, 0.15) is 23.7 Å². The highest BCUT2D eigenvalue weighted by Crippen LogP contribution is 2.23. The molecule has 0 fully saturated rings. The van der Waals surface area contributed by atoms with Gasteiger partial charge in [0.15, 0.2) is 0 Å². The minimum absolute atomic E-state index is 0.294. The van der Waals surface area contributed by atoms with E-state index in [1.165, 1.54) is 0 Å². The largest absolute Gasteiger partial charge is 0.493 e. The fourth-order valence-corrected chi connectivity index (χ4v) is 2.25. The van der Waals surface area contributed by atoms with Crippen molar-refractivity contribution in [2.45, 2.75) is 13.3 Å². The molecule has 0 unspecified atom stereocenters. The van der Waals surface area contributed by atoms with Gasteiger partial charge in [0.25, 0.3) is 5.91 Å². The first kappa shape index (κ1) is 15.8. The van der Waals surface area contributed by atoms with Gasteiger partial charge in [0.1, 0.15) is 11.4 Å². The first-order valence-electron chi connectivity index (χ1n) is 7.83. The minimum Gasteiger partial charge on any atom is -0.493 e. The smallest absolute Gasteiger partial charge is 0.261 e. The maximum atomic E-state index is 12.5. The molecule has 5 nitrogen and oxygen atoms in total. The van der Waals surface area contributed by atoms with Crippen LogP contribution in [0.4, 0.5) is 5.88 Å². The number of nitrogens with zero attached hydrogens (tertiary/aromatic N) is 1. The van der Waals surface area contributed by atoms with Crippen LogP contribution in [-0.4, -0.2) is 17.7 Å². The lowest BCUT2D eigenvalue weighted by Gasteiger charge is -2.09. The normalized spacial score (nSPS) is 10.4. The van der Waals surface area contributed by atoms with Crippen molar-refractivity contribution in [1.29, 1.82) is 0 Å². The van der Waals surface area contributed by atoms with Crippen LogP contribution < -0.4 is 10.1 Å². The summed E-state index contributed by atoms with van der Waals surface area (Å²) in [5.41, 5.74) is 2.05. The van der Waals surface area contributed by atoms with Crippen molar-refractivity contribution in [3.8, 4) is 17.0 Å². The first-order chi connectivity index (χ1) is 11.8. The van der Waals surface area contributed by atoms with Crippen molar-refractivity contribution in [3.63, 3.8) is 0 Å². The third kappa shape index (κ3) is 3.63. The molecule has 2 aromatic carbocycles. The fraction of sp³-hybridized carbons (Fsp3) is 0.158. The summed E-state index contributed by atoms with van der Waals surface area (Å²) < 4.78 is 10.8. The highest BCUT2D eigenvalue weighted by atomic mass is 16.5. The average molecular weight is 322 g/mol. The van der Waals surface area contributed by atoms with Crippen molar-refractivity contribution in [2.75, 3.05) is 11.9 Å². The lowest BCUT2D eigenvalue weighted by molar-refractivity contribution is 0.102. The summed E-state index contributed by atoms with van der Waals surface area (Å²) in [6.45, 7) is 2.58. The number of hydrogen-bond donors (Lipinski definition) is 1. The van der Waals surface area contributed by atoms with Crippen LogP contribution in [0.5, 0.6) is 5.75 Å². The van der Waals surface area contributed by atoms with Gasteiger partial charge in [-0.2, -0.15) is 0 Å². The van der Waals surface area contributed by atoms with Gasteiger partial charge < -0.3 is 9.26 Å². The molecule has 0 atom stereocenters. The molecule has 1 amide bonds. The summed E-state index contributed by atoms with van der Waals surface area (Å²) in [6, 6.07) is 18.5. The van der Waals surface area contributed by atoms with E-state index in [1.807, 2.05) is 43.3 Å². The minimum atomic E-state index is -0.294. The standard InChI is InChI=1S/C19H18N2O3/c1-2-12-23-17-11-7-6-10-15(17)19(22)20-18-13-16(21-24-18)14-8-4-3-5-9-14/h3-11,13H,2,12H2,1H3,(H,20,22). The summed E-state index contributed by atoms with van der Waals surface area (Å²) in [5.74, 6) is 0.557. The number of aromatic nitrogens is 1. The lowest BCUT2D eigenvalue weighted by atomic mass is 10.1. The Morgan fingerprint density at radius 1 is 1.12 bits per heavy atom. The van der Waals surface area contributed by atoms with Crippen molar-refractivity contribution in [3.05, 3.63) is 66.2 Å². The van der Waals surface area contributed by atoms with Gasteiger partial charge in [0.2, 0.25) is 5.88 Å². The number of ether oxygens (including phenoxy) is 1. The van der Waals surface area contributed by atoms with Gasteiger partial charge in [-0.15, -0.1) is 0 Å². The van der Waals surface area contributed by atoms with E-state index in [2.05, 4.69) is 10.5 Å². The van der Waals surface area contributed by atoms with E-state index in [0.29, 0.717) is 29.5 Å². The Morgan fingerprint density at radius 2 is 1.88 bits per heavy atom. The summed E-state index contributed by atoms with van der Waals surface area (Å²) in [5, 5.41) is 6.70. The summed E-state index contributed by atoms with van der Waals surface area (Å²) in [7, 11) is 0. The maximum absolute atomic E-state index is 12.5. The Labute approximate surface area is 140 Å². The van der Waals surface area contributed by atoms with Crippen LogP contribution in [0.3, 0.4) is 0 Å². The maximum Gasteiger partial charge on any atom is 0.261 e. The number of carbonyl (C=O) groups excluding carboxylic acids is 1. The summed E-state index contributed by atoms with van der Waals surface area (Å²) in [4.78, 5) is 12.5. The molecule has 24 heavy (non-hydrogen) atoms. The highest BCUT2D eigenvalue weighted by Gasteiger charge is 2.15. The Bertz CT molecular complexity index is 812. The molecule has 0 aliphatic rings. The fourth-order valence-electron chi connectivity index (χ4n) is 2.25. The lowest BCUT2D eigenvalue weighted by Crippen LogP contribution is -2.13. The van der Waals surface area contributed by atoms with E-state index in [9.17, 15) is 4.79 Å². The van der Waals surface area contributed by atoms with Crippen LogP contribution in [0.2, 0.25) is 0 Å². The molecule has 1 N–H and O–H groups in total. The monoisotopic (exact) mass is 322 g/mol. The molecule has 0 saturated carbocycles. The van der Waals surface area contributed by atoms with E-state index < -0.39 is 0 Å². The van der Waals surface area contributed by atoms with Crippen molar-refractivity contribution >= 4 is 11.8 Å². The van der Waals surface area contributed by atoms with E-state index in [4.69, 9.17) is 9.26 Å². The Balaban J connectivity index is 1.75. The molecule has 122 valence electrons. The molecule has 0 aliphatic carbocycles. The predicted molar refractivity (Wildman–Crippen MR) is 92.1 cm³/mol. The molecule has 1 heterocycles. The van der Waals surface area contributed by atoms with Crippen molar-refractivity contribution < 1.29 is 14.1 Å². The van der Waals surface area contributed by atoms with E-state index >= 15 is 0 Å². The van der Waals surface area contributed by atoms with Crippen LogP contribution in [0, 0.1) is 0 Å². The van der Waals surface area contributed by atoms with Gasteiger partial charge in [-0.05, 0) is 18.6 Å². The molecule has 5 heteroatoms. The molecule has 0 radical (unpaired) electrons. The molecule has 0 spiro atoms. The molecular formula is C19H18N2O3. The number of hydrogen-bond acceptors (Lipinski definition) is 4. The summed E-state index contributed by atoms with van der Waals surface area (Å²) in [6.07, 6.45) is 0.874. The quantitative estimate of drug-likeness (QED) is 0.731. The van der Waals surface area contributed by atoms with Crippen molar-refractivity contribution in [2.24, 2.45) is 0 Å². The van der Waals surface area contributed by atoms with Gasteiger partial charge in [-0.25, -0.2) is 0 Å². The Hall–Kier alpha value is -3.08. The number of para-hydroxylation sites is 1. The van der Waals surface area contributed by atoms with Crippen molar-refractivity contribution in [1.82, 2.24) is 5.16 Å². The molecule has 0 saturated heterocycles. The van der Waals surface area contributed by atoms with Crippen LogP contribution >= 0.6 is 0 Å². The SMILES string of the molecule is CCCOc1ccccc1C(=O)Nc1cc(-c2ccccc2)no1. The van der Waals surface area contributed by atoms with Gasteiger partial charge in [-0.3, -0.25) is 10.1 Å². The number of rotatable bonds is 6. The second-order valence-corrected chi connectivity index (χ2v) is 5.24. The zero-order valence-electron chi connectivity index (χ0n) is 13.4. The average Bonchev–Trinajstić information content (AvgIpc) is 3.09. The van der Waals surface area contributed by atoms with E-state index in [1.54, 1.807) is 24.3 Å². The number of carbonyl (C=O) groups is 1. The molecule has 3 aromatic rings.